The molecule has 0 unspecified atom stereocenters. The van der Waals surface area contributed by atoms with Crippen molar-refractivity contribution in [3.05, 3.63) is 36.7 Å². The summed E-state index contributed by atoms with van der Waals surface area (Å²) in [5.74, 6) is 0.658. The van der Waals surface area contributed by atoms with Crippen molar-refractivity contribution in [2.24, 2.45) is 5.92 Å². The number of ether oxygens (including phenoxy) is 1. The molecule has 3 aliphatic rings. The zero-order valence-corrected chi connectivity index (χ0v) is 12.5. The fraction of sp³-hybridized carbons (Fsp3) is 0.412. The second-order valence-electron chi connectivity index (χ2n) is 6.17. The molecule has 1 aromatic heterocycles. The predicted octanol–water partition coefficient (Wildman–Crippen LogP) is 2.20. The van der Waals surface area contributed by atoms with Gasteiger partial charge in [-0.3, -0.25) is 4.90 Å². The van der Waals surface area contributed by atoms with E-state index in [1.54, 1.807) is 0 Å². The summed E-state index contributed by atoms with van der Waals surface area (Å²) in [7, 11) is 0. The molecular formula is C17H20N4O. The van der Waals surface area contributed by atoms with Gasteiger partial charge >= 0.3 is 6.01 Å². The highest BCUT2D eigenvalue weighted by Gasteiger charge is 2.35. The summed E-state index contributed by atoms with van der Waals surface area (Å²) in [4.78, 5) is 11.2. The Bertz CT molecular complexity index is 633. The highest BCUT2D eigenvalue weighted by Crippen LogP contribution is 2.30. The first kappa shape index (κ1) is 13.5. The molecule has 3 fully saturated rings. The lowest BCUT2D eigenvalue weighted by molar-refractivity contribution is -0.0123. The number of rotatable bonds is 3. The maximum Gasteiger partial charge on any atom is 0.316 e. The highest BCUT2D eigenvalue weighted by molar-refractivity contribution is 5.63. The van der Waals surface area contributed by atoms with Crippen LogP contribution in [0.1, 0.15) is 12.8 Å². The Morgan fingerprint density at radius 2 is 1.68 bits per heavy atom. The molecule has 4 heterocycles. The number of hydrogen-bond acceptors (Lipinski definition) is 5. The molecule has 2 N–H and O–H groups in total. The largest absolute Gasteiger partial charge is 0.458 e. The van der Waals surface area contributed by atoms with E-state index in [0.717, 1.165) is 23.4 Å². The average Bonchev–Trinajstić information content (AvgIpc) is 2.58. The monoisotopic (exact) mass is 296 g/mol. The molecule has 114 valence electrons. The molecule has 0 spiro atoms. The third-order valence-electron chi connectivity index (χ3n) is 4.73. The van der Waals surface area contributed by atoms with Crippen molar-refractivity contribution in [1.29, 1.82) is 0 Å². The van der Waals surface area contributed by atoms with Crippen molar-refractivity contribution in [3.63, 3.8) is 0 Å². The maximum atomic E-state index is 6.02. The molecule has 5 rings (SSSR count). The molecule has 2 aromatic rings. The van der Waals surface area contributed by atoms with Gasteiger partial charge in [-0.25, -0.2) is 9.97 Å². The van der Waals surface area contributed by atoms with Gasteiger partial charge in [0, 0.05) is 30.2 Å². The normalized spacial score (nSPS) is 26.8. The fourth-order valence-electron chi connectivity index (χ4n) is 3.38. The maximum absolute atomic E-state index is 6.02. The van der Waals surface area contributed by atoms with Crippen LogP contribution in [-0.2, 0) is 0 Å². The highest BCUT2D eigenvalue weighted by atomic mass is 16.5. The van der Waals surface area contributed by atoms with E-state index in [2.05, 4.69) is 14.9 Å². The van der Waals surface area contributed by atoms with Crippen LogP contribution in [0.4, 0.5) is 5.69 Å². The number of piperidine rings is 3. The van der Waals surface area contributed by atoms with Crippen LogP contribution in [-0.4, -0.2) is 40.6 Å². The van der Waals surface area contributed by atoms with Gasteiger partial charge in [-0.1, -0.05) is 12.1 Å². The van der Waals surface area contributed by atoms with E-state index in [9.17, 15) is 0 Å². The second kappa shape index (κ2) is 5.57. The summed E-state index contributed by atoms with van der Waals surface area (Å²) in [6, 6.07) is 8.20. The van der Waals surface area contributed by atoms with Crippen LogP contribution in [0.5, 0.6) is 6.01 Å². The molecule has 5 heteroatoms. The molecule has 22 heavy (non-hydrogen) atoms. The Balaban J connectivity index is 1.46. The van der Waals surface area contributed by atoms with E-state index in [-0.39, 0.29) is 6.10 Å². The number of fused-ring (bicyclic) bond motifs is 3. The minimum Gasteiger partial charge on any atom is -0.458 e. The van der Waals surface area contributed by atoms with E-state index >= 15 is 0 Å². The van der Waals surface area contributed by atoms with Gasteiger partial charge in [-0.15, -0.1) is 0 Å². The van der Waals surface area contributed by atoms with Crippen LogP contribution in [0.2, 0.25) is 0 Å². The minimum absolute atomic E-state index is 0.241. The number of aromatic nitrogens is 2. The number of benzene rings is 1. The van der Waals surface area contributed by atoms with Gasteiger partial charge in [0.05, 0.1) is 0 Å². The molecule has 5 nitrogen and oxygen atoms in total. The molecule has 3 saturated heterocycles. The smallest absolute Gasteiger partial charge is 0.316 e. The van der Waals surface area contributed by atoms with Gasteiger partial charge < -0.3 is 10.5 Å². The Hall–Kier alpha value is -2.14. The third-order valence-corrected chi connectivity index (χ3v) is 4.73. The molecule has 0 amide bonds. The van der Waals surface area contributed by atoms with Crippen LogP contribution in [0, 0.1) is 5.92 Å². The van der Waals surface area contributed by atoms with Crippen molar-refractivity contribution in [2.45, 2.75) is 18.9 Å². The second-order valence-corrected chi connectivity index (χ2v) is 6.17. The lowest BCUT2D eigenvalue weighted by Gasteiger charge is -2.43. The molecule has 0 radical (unpaired) electrons. The number of anilines is 1. The first-order chi connectivity index (χ1) is 10.8. The quantitative estimate of drug-likeness (QED) is 0.880. The fourth-order valence-corrected chi connectivity index (χ4v) is 3.38. The first-order valence-electron chi connectivity index (χ1n) is 7.85. The number of nitrogens with zero attached hydrogens (tertiary/aromatic N) is 3. The number of nitrogen functional groups attached to an aromatic ring is 1. The van der Waals surface area contributed by atoms with Crippen molar-refractivity contribution < 1.29 is 4.74 Å². The lowest BCUT2D eigenvalue weighted by atomic mass is 9.86. The Labute approximate surface area is 130 Å². The SMILES string of the molecule is Nc1ccc(-c2cnc(O[C@H]3CN4CCC3CC4)nc2)cc1. The molecule has 3 aliphatic heterocycles. The van der Waals surface area contributed by atoms with Gasteiger partial charge in [-0.2, -0.15) is 0 Å². The molecular weight excluding hydrogens is 276 g/mol. The average molecular weight is 296 g/mol. The molecule has 1 atom stereocenters. The zero-order valence-electron chi connectivity index (χ0n) is 12.5. The topological polar surface area (TPSA) is 64.3 Å². The molecule has 0 aliphatic carbocycles. The van der Waals surface area contributed by atoms with Crippen molar-refractivity contribution in [3.8, 4) is 17.1 Å². The van der Waals surface area contributed by atoms with Crippen molar-refractivity contribution in [2.75, 3.05) is 25.4 Å². The van der Waals surface area contributed by atoms with Crippen LogP contribution in [0.15, 0.2) is 36.7 Å². The van der Waals surface area contributed by atoms with Crippen LogP contribution in [0.3, 0.4) is 0 Å². The van der Waals surface area contributed by atoms with E-state index in [1.165, 1.54) is 25.9 Å². The Morgan fingerprint density at radius 1 is 1.00 bits per heavy atom. The summed E-state index contributed by atoms with van der Waals surface area (Å²) in [6.07, 6.45) is 6.33. The van der Waals surface area contributed by atoms with Gasteiger partial charge in [-0.05, 0) is 49.5 Å². The summed E-state index contributed by atoms with van der Waals surface area (Å²) in [6.45, 7) is 3.43. The predicted molar refractivity (Wildman–Crippen MR) is 85.5 cm³/mol. The zero-order chi connectivity index (χ0) is 14.9. The third kappa shape index (κ3) is 2.64. The van der Waals surface area contributed by atoms with E-state index < -0.39 is 0 Å². The number of nitrogens with two attached hydrogens (primary N) is 1. The van der Waals surface area contributed by atoms with E-state index in [4.69, 9.17) is 10.5 Å². The van der Waals surface area contributed by atoms with Crippen molar-refractivity contribution in [1.82, 2.24) is 14.9 Å². The number of hydrogen-bond donors (Lipinski definition) is 1. The molecule has 2 bridgehead atoms. The van der Waals surface area contributed by atoms with Gasteiger partial charge in [0.2, 0.25) is 0 Å². The van der Waals surface area contributed by atoms with Crippen LogP contribution < -0.4 is 10.5 Å². The Morgan fingerprint density at radius 3 is 2.27 bits per heavy atom. The van der Waals surface area contributed by atoms with Crippen LogP contribution in [0.25, 0.3) is 11.1 Å². The Kier molecular flexibility index (Phi) is 3.42. The van der Waals surface area contributed by atoms with E-state index in [1.807, 2.05) is 36.7 Å². The van der Waals surface area contributed by atoms with Gasteiger partial charge in [0.25, 0.3) is 0 Å². The molecule has 1 aromatic carbocycles. The summed E-state index contributed by atoms with van der Waals surface area (Å²) < 4.78 is 6.02. The first-order valence-corrected chi connectivity index (χ1v) is 7.85. The summed E-state index contributed by atoms with van der Waals surface area (Å²) in [5.41, 5.74) is 8.50. The van der Waals surface area contributed by atoms with Gasteiger partial charge in [0.15, 0.2) is 0 Å². The minimum atomic E-state index is 0.241. The van der Waals surface area contributed by atoms with E-state index in [0.29, 0.717) is 11.9 Å². The summed E-state index contributed by atoms with van der Waals surface area (Å²) in [5, 5.41) is 0. The summed E-state index contributed by atoms with van der Waals surface area (Å²) >= 11 is 0. The van der Waals surface area contributed by atoms with Crippen LogP contribution >= 0.6 is 0 Å². The van der Waals surface area contributed by atoms with Gasteiger partial charge in [0.1, 0.15) is 6.10 Å². The lowest BCUT2D eigenvalue weighted by Crippen LogP contribution is -2.52. The standard InChI is InChI=1S/C17H20N4O/c18-15-3-1-12(2-4-15)14-9-19-17(20-10-14)22-16-11-21-7-5-13(16)6-8-21/h1-4,9-10,13,16H,5-8,11,18H2/t16-/m0/s1. The van der Waals surface area contributed by atoms with Crippen molar-refractivity contribution >= 4 is 5.69 Å². The molecule has 0 saturated carbocycles.